The summed E-state index contributed by atoms with van der Waals surface area (Å²) >= 11 is 3.46. The van der Waals surface area contributed by atoms with Crippen molar-refractivity contribution in [1.82, 2.24) is 4.90 Å². The van der Waals surface area contributed by atoms with Gasteiger partial charge in [-0.2, -0.15) is 11.8 Å². The van der Waals surface area contributed by atoms with Gasteiger partial charge in [-0.05, 0) is 11.4 Å². The fraction of sp³-hybridized carbons (Fsp3) is 0.545. The lowest BCUT2D eigenvalue weighted by Crippen LogP contribution is -2.45. The Hall–Kier alpha value is -0.520. The molecule has 88 valence electrons. The molecule has 0 spiro atoms. The molecular formula is C11H16N2OS2. The minimum Gasteiger partial charge on any atom is -0.339 e. The number of hydrogen-bond donors (Lipinski definition) is 1. The van der Waals surface area contributed by atoms with Crippen LogP contribution in [-0.2, 0) is 4.79 Å². The van der Waals surface area contributed by atoms with Crippen molar-refractivity contribution in [1.29, 1.82) is 0 Å². The molecule has 0 saturated carbocycles. The smallest absolute Gasteiger partial charge is 0.244 e. The Morgan fingerprint density at radius 1 is 1.69 bits per heavy atom. The second kappa shape index (κ2) is 5.21. The Morgan fingerprint density at radius 2 is 2.50 bits per heavy atom. The monoisotopic (exact) mass is 256 g/mol. The topological polar surface area (TPSA) is 46.3 Å². The van der Waals surface area contributed by atoms with Crippen molar-refractivity contribution in [2.24, 2.45) is 5.73 Å². The summed E-state index contributed by atoms with van der Waals surface area (Å²) in [5.74, 6) is 1.08. The van der Waals surface area contributed by atoms with Crippen LogP contribution in [0.15, 0.2) is 17.5 Å². The van der Waals surface area contributed by atoms with Gasteiger partial charge in [0, 0.05) is 29.0 Å². The second-order valence-corrected chi connectivity index (χ2v) is 6.48. The molecule has 0 radical (unpaired) electrons. The average Bonchev–Trinajstić information content (AvgIpc) is 2.80. The molecule has 1 saturated heterocycles. The molecule has 0 aromatic carbocycles. The minimum absolute atomic E-state index is 0.0644. The summed E-state index contributed by atoms with van der Waals surface area (Å²) in [4.78, 5) is 15.0. The molecule has 2 unspecified atom stereocenters. The summed E-state index contributed by atoms with van der Waals surface area (Å²) in [5.41, 5.74) is 5.97. The van der Waals surface area contributed by atoms with E-state index in [0.717, 1.165) is 23.7 Å². The molecule has 1 aromatic heterocycles. The number of carbonyl (C=O) groups excluding carboxylic acids is 1. The van der Waals surface area contributed by atoms with E-state index < -0.39 is 6.04 Å². The van der Waals surface area contributed by atoms with Crippen molar-refractivity contribution in [3.63, 3.8) is 0 Å². The van der Waals surface area contributed by atoms with Crippen LogP contribution >= 0.6 is 23.1 Å². The molecule has 1 fully saturated rings. The summed E-state index contributed by atoms with van der Waals surface area (Å²) in [5, 5.41) is 2.48. The second-order valence-electron chi connectivity index (χ2n) is 3.96. The SMILES string of the molecule is CC1CN(C(=O)C(N)c2cccs2)CCS1. The number of hydrogen-bond acceptors (Lipinski definition) is 4. The van der Waals surface area contributed by atoms with E-state index >= 15 is 0 Å². The maximum absolute atomic E-state index is 12.1. The molecule has 0 aliphatic carbocycles. The largest absolute Gasteiger partial charge is 0.339 e. The van der Waals surface area contributed by atoms with Crippen molar-refractivity contribution in [2.75, 3.05) is 18.8 Å². The van der Waals surface area contributed by atoms with E-state index in [4.69, 9.17) is 5.73 Å². The highest BCUT2D eigenvalue weighted by molar-refractivity contribution is 7.99. The van der Waals surface area contributed by atoms with E-state index in [1.807, 2.05) is 34.2 Å². The van der Waals surface area contributed by atoms with Crippen molar-refractivity contribution in [3.05, 3.63) is 22.4 Å². The number of rotatable bonds is 2. The van der Waals surface area contributed by atoms with Gasteiger partial charge in [-0.1, -0.05) is 13.0 Å². The van der Waals surface area contributed by atoms with E-state index in [0.29, 0.717) is 5.25 Å². The predicted octanol–water partition coefficient (Wildman–Crippen LogP) is 1.71. The minimum atomic E-state index is -0.477. The zero-order valence-corrected chi connectivity index (χ0v) is 10.9. The summed E-state index contributed by atoms with van der Waals surface area (Å²) in [6, 6.07) is 3.38. The molecule has 2 N–H and O–H groups in total. The van der Waals surface area contributed by atoms with Gasteiger partial charge < -0.3 is 10.6 Å². The first-order valence-corrected chi connectivity index (χ1v) is 7.30. The highest BCUT2D eigenvalue weighted by atomic mass is 32.2. The van der Waals surface area contributed by atoms with Crippen LogP contribution in [0.4, 0.5) is 0 Å². The number of amides is 1. The first-order chi connectivity index (χ1) is 7.68. The van der Waals surface area contributed by atoms with Gasteiger partial charge in [0.1, 0.15) is 6.04 Å². The highest BCUT2D eigenvalue weighted by Crippen LogP contribution is 2.23. The van der Waals surface area contributed by atoms with Crippen LogP contribution in [0.25, 0.3) is 0 Å². The van der Waals surface area contributed by atoms with Gasteiger partial charge in [-0.25, -0.2) is 0 Å². The van der Waals surface area contributed by atoms with E-state index in [9.17, 15) is 4.79 Å². The Labute approximate surface area is 104 Å². The third-order valence-electron chi connectivity index (χ3n) is 2.67. The van der Waals surface area contributed by atoms with Crippen LogP contribution in [0.2, 0.25) is 0 Å². The van der Waals surface area contributed by atoms with Crippen LogP contribution in [0.1, 0.15) is 17.8 Å². The van der Waals surface area contributed by atoms with Crippen molar-refractivity contribution >= 4 is 29.0 Å². The molecule has 2 atom stereocenters. The summed E-state index contributed by atoms with van der Waals surface area (Å²) in [6.45, 7) is 3.80. The number of carbonyl (C=O) groups is 1. The molecule has 0 bridgehead atoms. The maximum Gasteiger partial charge on any atom is 0.244 e. The molecule has 5 heteroatoms. The Bertz CT molecular complexity index is 353. The van der Waals surface area contributed by atoms with Gasteiger partial charge in [0.2, 0.25) is 5.91 Å². The highest BCUT2D eigenvalue weighted by Gasteiger charge is 2.26. The van der Waals surface area contributed by atoms with Gasteiger partial charge in [-0.15, -0.1) is 11.3 Å². The standard InChI is InChI=1S/C11H16N2OS2/c1-8-7-13(4-6-15-8)11(14)10(12)9-3-2-5-16-9/h2-3,5,8,10H,4,6-7,12H2,1H3. The first kappa shape index (κ1) is 12.0. The lowest BCUT2D eigenvalue weighted by Gasteiger charge is -2.32. The lowest BCUT2D eigenvalue weighted by molar-refractivity contribution is -0.132. The molecule has 1 amide bonds. The normalized spacial score (nSPS) is 23.1. The molecule has 16 heavy (non-hydrogen) atoms. The van der Waals surface area contributed by atoms with E-state index in [1.165, 1.54) is 0 Å². The summed E-state index contributed by atoms with van der Waals surface area (Å²) in [7, 11) is 0. The van der Waals surface area contributed by atoms with Crippen LogP contribution < -0.4 is 5.73 Å². The van der Waals surface area contributed by atoms with Gasteiger partial charge >= 0.3 is 0 Å². The van der Waals surface area contributed by atoms with Crippen molar-refractivity contribution < 1.29 is 4.79 Å². The molecular weight excluding hydrogens is 240 g/mol. The van der Waals surface area contributed by atoms with E-state index in [-0.39, 0.29) is 5.91 Å². The van der Waals surface area contributed by atoms with Crippen molar-refractivity contribution in [2.45, 2.75) is 18.2 Å². The molecule has 3 nitrogen and oxygen atoms in total. The van der Waals surface area contributed by atoms with Gasteiger partial charge in [0.15, 0.2) is 0 Å². The first-order valence-electron chi connectivity index (χ1n) is 5.38. The average molecular weight is 256 g/mol. The third-order valence-corrected chi connectivity index (χ3v) is 4.76. The molecule has 1 aliphatic rings. The number of nitrogens with zero attached hydrogens (tertiary/aromatic N) is 1. The van der Waals surface area contributed by atoms with Gasteiger partial charge in [0.25, 0.3) is 0 Å². The van der Waals surface area contributed by atoms with Gasteiger partial charge in [0.05, 0.1) is 0 Å². The van der Waals surface area contributed by atoms with E-state index in [2.05, 4.69) is 6.92 Å². The Balaban J connectivity index is 2.01. The zero-order chi connectivity index (χ0) is 11.5. The molecule has 1 aliphatic heterocycles. The number of nitrogens with two attached hydrogens (primary N) is 1. The Kier molecular flexibility index (Phi) is 3.89. The lowest BCUT2D eigenvalue weighted by atomic mass is 10.2. The van der Waals surface area contributed by atoms with Crippen LogP contribution in [0.3, 0.4) is 0 Å². The van der Waals surface area contributed by atoms with Crippen LogP contribution in [0, 0.1) is 0 Å². The Morgan fingerprint density at radius 3 is 3.12 bits per heavy atom. The molecule has 1 aromatic rings. The predicted molar refractivity (Wildman–Crippen MR) is 69.7 cm³/mol. The van der Waals surface area contributed by atoms with Gasteiger partial charge in [-0.3, -0.25) is 4.79 Å². The third kappa shape index (κ3) is 2.59. The maximum atomic E-state index is 12.1. The quantitative estimate of drug-likeness (QED) is 0.876. The molecule has 2 heterocycles. The van der Waals surface area contributed by atoms with Crippen LogP contribution in [-0.4, -0.2) is 34.9 Å². The summed E-state index contributed by atoms with van der Waals surface area (Å²) < 4.78 is 0. The van der Waals surface area contributed by atoms with E-state index in [1.54, 1.807) is 11.3 Å². The number of thioether (sulfide) groups is 1. The molecule has 2 rings (SSSR count). The van der Waals surface area contributed by atoms with Crippen molar-refractivity contribution in [3.8, 4) is 0 Å². The zero-order valence-electron chi connectivity index (χ0n) is 9.26. The van der Waals surface area contributed by atoms with Crippen LogP contribution in [0.5, 0.6) is 0 Å². The number of thiophene rings is 1. The fourth-order valence-corrected chi connectivity index (χ4v) is 3.54. The summed E-state index contributed by atoms with van der Waals surface area (Å²) in [6.07, 6.45) is 0. The fourth-order valence-electron chi connectivity index (χ4n) is 1.81.